The highest BCUT2D eigenvalue weighted by atomic mass is 35.5. The molecular weight excluding hydrogens is 280 g/mol. The van der Waals surface area contributed by atoms with E-state index >= 15 is 0 Å². The minimum absolute atomic E-state index is 0.0124. The second-order valence-electron chi connectivity index (χ2n) is 8.92. The molecule has 0 heterocycles. The van der Waals surface area contributed by atoms with E-state index < -0.39 is 0 Å². The fraction of sp³-hybridized carbons (Fsp3) is 0.947. The van der Waals surface area contributed by atoms with Gasteiger partial charge in [-0.25, -0.2) is 0 Å². The first kappa shape index (κ1) is 14.5. The zero-order chi connectivity index (χ0) is 14.9. The highest BCUT2D eigenvalue weighted by molar-refractivity contribution is 6.24. The van der Waals surface area contributed by atoms with Gasteiger partial charge in [0.05, 0.1) is 4.87 Å². The molecule has 0 aliphatic heterocycles. The van der Waals surface area contributed by atoms with Gasteiger partial charge in [0.2, 0.25) is 0 Å². The van der Waals surface area contributed by atoms with E-state index in [0.29, 0.717) is 17.1 Å². The molecule has 0 aromatic rings. The third kappa shape index (κ3) is 1.73. The fourth-order valence-corrected chi connectivity index (χ4v) is 7.46. The minimum atomic E-state index is 0.0124. The van der Waals surface area contributed by atoms with Crippen LogP contribution in [0.4, 0.5) is 0 Å². The summed E-state index contributed by atoms with van der Waals surface area (Å²) in [5.41, 5.74) is 0.335. The molecule has 4 fully saturated rings. The van der Waals surface area contributed by atoms with Gasteiger partial charge in [0.1, 0.15) is 5.78 Å². The Morgan fingerprint density at radius 1 is 0.952 bits per heavy atom. The predicted octanol–water partition coefficient (Wildman–Crippen LogP) is 5.35. The molecule has 4 saturated carbocycles. The summed E-state index contributed by atoms with van der Waals surface area (Å²) in [7, 11) is 0. The summed E-state index contributed by atoms with van der Waals surface area (Å²) in [4.78, 5) is 12.5. The lowest BCUT2D eigenvalue weighted by Gasteiger charge is -2.62. The molecule has 0 N–H and O–H groups in total. The zero-order valence-electron chi connectivity index (χ0n) is 13.6. The molecule has 21 heavy (non-hydrogen) atoms. The molecule has 0 bridgehead atoms. The van der Waals surface area contributed by atoms with Crippen molar-refractivity contribution in [3.05, 3.63) is 0 Å². The van der Waals surface area contributed by atoms with Crippen molar-refractivity contribution in [2.45, 2.75) is 82.9 Å². The van der Waals surface area contributed by atoms with Gasteiger partial charge in [-0.05, 0) is 68.1 Å². The van der Waals surface area contributed by atoms with Gasteiger partial charge in [0, 0.05) is 11.8 Å². The minimum Gasteiger partial charge on any atom is -0.299 e. The zero-order valence-corrected chi connectivity index (χ0v) is 14.3. The van der Waals surface area contributed by atoms with Crippen LogP contribution in [0.15, 0.2) is 0 Å². The van der Waals surface area contributed by atoms with Gasteiger partial charge >= 0.3 is 0 Å². The number of hydrogen-bond donors (Lipinski definition) is 0. The average molecular weight is 309 g/mol. The number of ketones is 1. The third-order valence-corrected chi connectivity index (χ3v) is 9.19. The first-order valence-corrected chi connectivity index (χ1v) is 9.51. The molecule has 0 amide bonds. The molecule has 118 valence electrons. The van der Waals surface area contributed by atoms with E-state index in [-0.39, 0.29) is 10.3 Å². The van der Waals surface area contributed by atoms with Crippen molar-refractivity contribution in [3.63, 3.8) is 0 Å². The molecule has 1 nitrogen and oxygen atoms in total. The summed E-state index contributed by atoms with van der Waals surface area (Å²) in [6, 6.07) is 0. The van der Waals surface area contributed by atoms with Crippen molar-refractivity contribution in [1.82, 2.24) is 0 Å². The lowest BCUT2D eigenvalue weighted by Crippen LogP contribution is -2.58. The van der Waals surface area contributed by atoms with Crippen molar-refractivity contribution < 1.29 is 4.79 Å². The topological polar surface area (TPSA) is 17.1 Å². The largest absolute Gasteiger partial charge is 0.299 e. The van der Waals surface area contributed by atoms with Crippen molar-refractivity contribution in [3.8, 4) is 0 Å². The number of fused-ring (bicyclic) bond motifs is 5. The quantitative estimate of drug-likeness (QED) is 0.551. The van der Waals surface area contributed by atoms with Gasteiger partial charge < -0.3 is 0 Å². The summed E-state index contributed by atoms with van der Waals surface area (Å²) in [6.45, 7) is 4.77. The number of Topliss-reactive ketones (excluding diaryl/α,β-unsaturated/α-hetero) is 1. The van der Waals surface area contributed by atoms with E-state index in [0.717, 1.165) is 31.1 Å². The SMILES string of the molecule is C[C@]12CC[C@H]3[C@@H](CCC4(Cl)CCCC[C@]34C)[C@@H]1CCC2=O. The van der Waals surface area contributed by atoms with Crippen LogP contribution in [0.25, 0.3) is 0 Å². The summed E-state index contributed by atoms with van der Waals surface area (Å²) < 4.78 is 0. The van der Waals surface area contributed by atoms with Gasteiger partial charge in [0.25, 0.3) is 0 Å². The van der Waals surface area contributed by atoms with Crippen molar-refractivity contribution in [2.24, 2.45) is 28.6 Å². The van der Waals surface area contributed by atoms with E-state index in [1.165, 1.54) is 44.9 Å². The molecule has 4 aliphatic rings. The molecule has 1 unspecified atom stereocenters. The molecule has 0 aromatic carbocycles. The predicted molar refractivity (Wildman–Crippen MR) is 86.4 cm³/mol. The maximum atomic E-state index is 12.4. The fourth-order valence-electron chi connectivity index (χ4n) is 6.98. The first-order chi connectivity index (χ1) is 9.91. The molecule has 4 rings (SSSR count). The van der Waals surface area contributed by atoms with Crippen LogP contribution >= 0.6 is 11.6 Å². The second kappa shape index (κ2) is 4.49. The molecule has 0 aromatic heterocycles. The molecule has 2 heteroatoms. The normalized spacial score (nSPS) is 56.5. The maximum absolute atomic E-state index is 12.4. The Hall–Kier alpha value is -0.0400. The molecule has 0 saturated heterocycles. The Labute approximate surface area is 134 Å². The van der Waals surface area contributed by atoms with Gasteiger partial charge in [-0.1, -0.05) is 26.7 Å². The first-order valence-electron chi connectivity index (χ1n) is 9.13. The average Bonchev–Trinajstić information content (AvgIpc) is 2.76. The van der Waals surface area contributed by atoms with Crippen LogP contribution in [-0.4, -0.2) is 10.7 Å². The number of carbonyl (C=O) groups is 1. The molecular formula is C19H29ClO. The second-order valence-corrected chi connectivity index (χ2v) is 9.65. The van der Waals surface area contributed by atoms with Crippen molar-refractivity contribution in [1.29, 1.82) is 0 Å². The summed E-state index contributed by atoms with van der Waals surface area (Å²) in [5, 5.41) is 0. The summed E-state index contributed by atoms with van der Waals surface area (Å²) in [6.07, 6.45) is 12.0. The van der Waals surface area contributed by atoms with Crippen LogP contribution in [0.3, 0.4) is 0 Å². The Bertz CT molecular complexity index is 474. The summed E-state index contributed by atoms with van der Waals surface area (Å²) in [5.74, 6) is 2.75. The van der Waals surface area contributed by atoms with Gasteiger partial charge in [-0.2, -0.15) is 0 Å². The van der Waals surface area contributed by atoms with E-state index in [9.17, 15) is 4.79 Å². The Kier molecular flexibility index (Phi) is 3.11. The van der Waals surface area contributed by atoms with Gasteiger partial charge in [0.15, 0.2) is 0 Å². The molecule has 4 aliphatic carbocycles. The van der Waals surface area contributed by atoms with E-state index in [1.807, 2.05) is 0 Å². The lowest BCUT2D eigenvalue weighted by molar-refractivity contribution is -0.136. The summed E-state index contributed by atoms with van der Waals surface area (Å²) >= 11 is 7.18. The highest BCUT2D eigenvalue weighted by Crippen LogP contribution is 2.68. The van der Waals surface area contributed by atoms with Crippen LogP contribution < -0.4 is 0 Å². The van der Waals surface area contributed by atoms with Crippen LogP contribution in [0.5, 0.6) is 0 Å². The Morgan fingerprint density at radius 3 is 2.52 bits per heavy atom. The highest BCUT2D eigenvalue weighted by Gasteiger charge is 2.63. The van der Waals surface area contributed by atoms with Crippen molar-refractivity contribution >= 4 is 17.4 Å². The van der Waals surface area contributed by atoms with E-state index in [2.05, 4.69) is 13.8 Å². The maximum Gasteiger partial charge on any atom is 0.139 e. The monoisotopic (exact) mass is 308 g/mol. The van der Waals surface area contributed by atoms with Crippen molar-refractivity contribution in [2.75, 3.05) is 0 Å². The number of hydrogen-bond acceptors (Lipinski definition) is 1. The Balaban J connectivity index is 1.69. The van der Waals surface area contributed by atoms with Gasteiger partial charge in [-0.3, -0.25) is 4.79 Å². The van der Waals surface area contributed by atoms with Crippen LogP contribution in [0.1, 0.15) is 78.1 Å². The van der Waals surface area contributed by atoms with Gasteiger partial charge in [-0.15, -0.1) is 11.6 Å². The van der Waals surface area contributed by atoms with E-state index in [4.69, 9.17) is 11.6 Å². The molecule has 6 atom stereocenters. The number of alkyl halides is 1. The Morgan fingerprint density at radius 2 is 1.71 bits per heavy atom. The lowest BCUT2D eigenvalue weighted by atomic mass is 9.45. The number of halogens is 1. The molecule has 0 spiro atoms. The number of carbonyl (C=O) groups excluding carboxylic acids is 1. The van der Waals surface area contributed by atoms with Crippen LogP contribution in [-0.2, 0) is 4.79 Å². The van der Waals surface area contributed by atoms with E-state index in [1.54, 1.807) is 0 Å². The standard InChI is InChI=1S/C19H29ClO/c1-17-11-8-15-13(14(17)5-6-16(17)21)7-12-19(20)10-4-3-9-18(15,19)2/h13-15H,3-12H2,1-2H3/t13-,14-,15-,17-,18+,19?/m0/s1. The molecule has 0 radical (unpaired) electrons. The number of rotatable bonds is 0. The van der Waals surface area contributed by atoms with Crippen LogP contribution in [0, 0.1) is 28.6 Å². The smallest absolute Gasteiger partial charge is 0.139 e. The third-order valence-electron chi connectivity index (χ3n) is 8.38. The van der Waals surface area contributed by atoms with Crippen LogP contribution in [0.2, 0.25) is 0 Å².